The number of nitriles is 4. The van der Waals surface area contributed by atoms with Gasteiger partial charge in [0.25, 0.3) is 0 Å². The third-order valence-corrected chi connectivity index (χ3v) is 3.54. The SMILES string of the molecule is CC(c1ccc(C#N)cc1C#N)c1ccc(C#N)cc1C#N. The lowest BCUT2D eigenvalue weighted by Crippen LogP contribution is -2.02. The Labute approximate surface area is 128 Å². The van der Waals surface area contributed by atoms with Gasteiger partial charge in [-0.25, -0.2) is 0 Å². The molecule has 0 aliphatic heterocycles. The molecular weight excluding hydrogens is 272 g/mol. The Morgan fingerprint density at radius 3 is 1.41 bits per heavy atom. The molecule has 2 rings (SSSR count). The topological polar surface area (TPSA) is 95.2 Å². The number of benzene rings is 2. The van der Waals surface area contributed by atoms with E-state index in [0.29, 0.717) is 22.3 Å². The average Bonchev–Trinajstić information content (AvgIpc) is 2.59. The highest BCUT2D eigenvalue weighted by atomic mass is 14.3. The number of hydrogen-bond acceptors (Lipinski definition) is 4. The molecule has 2 aromatic rings. The molecule has 0 fully saturated rings. The normalized spacial score (nSPS) is 9.36. The van der Waals surface area contributed by atoms with Crippen molar-refractivity contribution in [2.24, 2.45) is 0 Å². The zero-order chi connectivity index (χ0) is 16.1. The van der Waals surface area contributed by atoms with Gasteiger partial charge in [0.05, 0.1) is 46.5 Å². The summed E-state index contributed by atoms with van der Waals surface area (Å²) >= 11 is 0. The zero-order valence-corrected chi connectivity index (χ0v) is 11.8. The fraction of sp³-hybridized carbons (Fsp3) is 0.111. The molecule has 0 unspecified atom stereocenters. The van der Waals surface area contributed by atoms with Gasteiger partial charge in [-0.15, -0.1) is 0 Å². The fourth-order valence-electron chi connectivity index (χ4n) is 2.37. The van der Waals surface area contributed by atoms with Crippen LogP contribution in [0.25, 0.3) is 0 Å². The van der Waals surface area contributed by atoms with Gasteiger partial charge < -0.3 is 0 Å². The molecule has 0 atom stereocenters. The van der Waals surface area contributed by atoms with Crippen molar-refractivity contribution in [1.82, 2.24) is 0 Å². The molecule has 4 nitrogen and oxygen atoms in total. The summed E-state index contributed by atoms with van der Waals surface area (Å²) in [4.78, 5) is 0. The highest BCUT2D eigenvalue weighted by Gasteiger charge is 2.17. The van der Waals surface area contributed by atoms with Gasteiger partial charge in [0.15, 0.2) is 0 Å². The Morgan fingerprint density at radius 2 is 1.09 bits per heavy atom. The second kappa shape index (κ2) is 6.23. The Kier molecular flexibility index (Phi) is 4.19. The molecule has 2 aromatic carbocycles. The summed E-state index contributed by atoms with van der Waals surface area (Å²) in [7, 11) is 0. The van der Waals surface area contributed by atoms with Crippen molar-refractivity contribution in [1.29, 1.82) is 21.0 Å². The fourth-order valence-corrected chi connectivity index (χ4v) is 2.37. The molecule has 22 heavy (non-hydrogen) atoms. The van der Waals surface area contributed by atoms with Crippen LogP contribution in [-0.4, -0.2) is 0 Å². The van der Waals surface area contributed by atoms with Crippen LogP contribution in [0.3, 0.4) is 0 Å². The Hall–Kier alpha value is -3.60. The lowest BCUT2D eigenvalue weighted by Gasteiger charge is -2.16. The van der Waals surface area contributed by atoms with Gasteiger partial charge in [0.2, 0.25) is 0 Å². The predicted octanol–water partition coefficient (Wildman–Crippen LogP) is 3.33. The summed E-state index contributed by atoms with van der Waals surface area (Å²) in [5.41, 5.74) is 3.19. The minimum absolute atomic E-state index is 0.190. The molecule has 0 aliphatic carbocycles. The van der Waals surface area contributed by atoms with Crippen molar-refractivity contribution in [2.75, 3.05) is 0 Å². The summed E-state index contributed by atoms with van der Waals surface area (Å²) in [6.07, 6.45) is 0. The van der Waals surface area contributed by atoms with E-state index < -0.39 is 0 Å². The van der Waals surface area contributed by atoms with Crippen molar-refractivity contribution in [3.05, 3.63) is 69.8 Å². The molecular formula is C18H10N4. The number of hydrogen-bond donors (Lipinski definition) is 0. The van der Waals surface area contributed by atoms with Crippen molar-refractivity contribution in [3.8, 4) is 24.3 Å². The van der Waals surface area contributed by atoms with Crippen molar-refractivity contribution < 1.29 is 0 Å². The van der Waals surface area contributed by atoms with Gasteiger partial charge in [-0.2, -0.15) is 21.0 Å². The monoisotopic (exact) mass is 282 g/mol. The van der Waals surface area contributed by atoms with E-state index in [0.717, 1.165) is 11.1 Å². The summed E-state index contributed by atoms with van der Waals surface area (Å²) < 4.78 is 0. The first-order chi connectivity index (χ1) is 10.6. The molecule has 0 spiro atoms. The first-order valence-electron chi connectivity index (χ1n) is 6.53. The molecule has 0 radical (unpaired) electrons. The molecule has 0 N–H and O–H groups in total. The maximum absolute atomic E-state index is 9.28. The maximum atomic E-state index is 9.28. The van der Waals surface area contributed by atoms with Crippen LogP contribution in [0.4, 0.5) is 0 Å². The quantitative estimate of drug-likeness (QED) is 0.844. The van der Waals surface area contributed by atoms with Crippen LogP contribution < -0.4 is 0 Å². The summed E-state index contributed by atoms with van der Waals surface area (Å²) in [6.45, 7) is 1.89. The Bertz CT molecular complexity index is 823. The molecule has 4 heteroatoms. The van der Waals surface area contributed by atoms with Gasteiger partial charge in [-0.3, -0.25) is 0 Å². The van der Waals surface area contributed by atoms with E-state index >= 15 is 0 Å². The van der Waals surface area contributed by atoms with Crippen molar-refractivity contribution in [3.63, 3.8) is 0 Å². The van der Waals surface area contributed by atoms with Crippen LogP contribution in [0.2, 0.25) is 0 Å². The molecule has 0 heterocycles. The molecule has 0 aliphatic rings. The molecule has 0 amide bonds. The van der Waals surface area contributed by atoms with Crippen LogP contribution in [0.5, 0.6) is 0 Å². The average molecular weight is 282 g/mol. The van der Waals surface area contributed by atoms with Crippen LogP contribution in [-0.2, 0) is 0 Å². The van der Waals surface area contributed by atoms with Gasteiger partial charge >= 0.3 is 0 Å². The lowest BCUT2D eigenvalue weighted by atomic mass is 9.86. The smallest absolute Gasteiger partial charge is 0.0995 e. The second-order valence-corrected chi connectivity index (χ2v) is 4.77. The van der Waals surface area contributed by atoms with Crippen LogP contribution >= 0.6 is 0 Å². The maximum Gasteiger partial charge on any atom is 0.0995 e. The van der Waals surface area contributed by atoms with E-state index in [1.165, 1.54) is 0 Å². The molecule has 102 valence electrons. The Balaban J connectivity index is 2.57. The van der Waals surface area contributed by atoms with E-state index in [9.17, 15) is 10.5 Å². The largest absolute Gasteiger partial charge is 0.192 e. The van der Waals surface area contributed by atoms with Crippen molar-refractivity contribution in [2.45, 2.75) is 12.8 Å². The molecule has 0 bridgehead atoms. The molecule has 0 saturated heterocycles. The molecule has 0 aromatic heterocycles. The minimum Gasteiger partial charge on any atom is -0.192 e. The van der Waals surface area contributed by atoms with Crippen LogP contribution in [0.15, 0.2) is 36.4 Å². The standard InChI is InChI=1S/C18H10N4/c1-12(17-4-2-13(8-19)6-15(17)10-21)18-5-3-14(9-20)7-16(18)11-22/h2-7,12H,1H3. The first kappa shape index (κ1) is 14.8. The van der Waals surface area contributed by atoms with Gasteiger partial charge in [-0.1, -0.05) is 19.1 Å². The lowest BCUT2D eigenvalue weighted by molar-refractivity contribution is 0.912. The highest BCUT2D eigenvalue weighted by Crippen LogP contribution is 2.30. The summed E-state index contributed by atoms with van der Waals surface area (Å²) in [6, 6.07) is 18.1. The van der Waals surface area contributed by atoms with E-state index in [2.05, 4.69) is 12.1 Å². The Morgan fingerprint density at radius 1 is 0.682 bits per heavy atom. The van der Waals surface area contributed by atoms with Gasteiger partial charge in [0, 0.05) is 5.92 Å². The summed E-state index contributed by atoms with van der Waals surface area (Å²) in [5, 5.41) is 36.4. The second-order valence-electron chi connectivity index (χ2n) is 4.77. The van der Waals surface area contributed by atoms with E-state index in [4.69, 9.17) is 10.5 Å². The van der Waals surface area contributed by atoms with Gasteiger partial charge in [-0.05, 0) is 35.4 Å². The number of nitrogens with zero attached hydrogens (tertiary/aromatic N) is 4. The van der Waals surface area contributed by atoms with Crippen LogP contribution in [0, 0.1) is 45.3 Å². The zero-order valence-electron chi connectivity index (χ0n) is 11.8. The predicted molar refractivity (Wildman–Crippen MR) is 79.3 cm³/mol. The van der Waals surface area contributed by atoms with Gasteiger partial charge in [0.1, 0.15) is 0 Å². The first-order valence-corrected chi connectivity index (χ1v) is 6.53. The number of rotatable bonds is 2. The summed E-state index contributed by atoms with van der Waals surface area (Å²) in [5.74, 6) is -0.190. The van der Waals surface area contributed by atoms with E-state index in [1.807, 2.05) is 19.1 Å². The third kappa shape index (κ3) is 2.64. The van der Waals surface area contributed by atoms with Crippen molar-refractivity contribution >= 4 is 0 Å². The highest BCUT2D eigenvalue weighted by molar-refractivity contribution is 5.53. The van der Waals surface area contributed by atoms with Crippen LogP contribution in [0.1, 0.15) is 46.2 Å². The minimum atomic E-state index is -0.190. The molecule has 0 saturated carbocycles. The third-order valence-electron chi connectivity index (χ3n) is 3.54. The van der Waals surface area contributed by atoms with E-state index in [1.54, 1.807) is 36.4 Å². The van der Waals surface area contributed by atoms with E-state index in [-0.39, 0.29) is 5.92 Å².